The average molecular weight is 1170 g/mol. The molecular formula is C72H96N10O4. The van der Waals surface area contributed by atoms with E-state index in [-0.39, 0.29) is 71.5 Å². The third-order valence-electron chi connectivity index (χ3n) is 17.9. The summed E-state index contributed by atoms with van der Waals surface area (Å²) in [5.41, 5.74) is 11.1. The van der Waals surface area contributed by atoms with E-state index in [0.717, 1.165) is 73.4 Å². The highest BCUT2D eigenvalue weighted by molar-refractivity contribution is 5.98. The zero-order chi connectivity index (χ0) is 60.5. The number of fused-ring (bicyclic) bond motifs is 1. The van der Waals surface area contributed by atoms with E-state index in [9.17, 15) is 19.2 Å². The predicted molar refractivity (Wildman–Crippen MR) is 349 cm³/mol. The van der Waals surface area contributed by atoms with Crippen molar-refractivity contribution in [2.45, 2.75) is 159 Å². The number of nitrogens with two attached hydrogens (primary N) is 1. The summed E-state index contributed by atoms with van der Waals surface area (Å²) in [7, 11) is 0. The summed E-state index contributed by atoms with van der Waals surface area (Å²) in [6.07, 6.45) is 14.1. The number of benzene rings is 6. The van der Waals surface area contributed by atoms with Crippen molar-refractivity contribution in [1.82, 2.24) is 41.7 Å². The van der Waals surface area contributed by atoms with Crippen molar-refractivity contribution in [2.75, 3.05) is 45.8 Å². The van der Waals surface area contributed by atoms with Crippen LogP contribution in [0.1, 0.15) is 155 Å². The normalized spacial score (nSPS) is 19.2. The summed E-state index contributed by atoms with van der Waals surface area (Å²) in [4.78, 5) is 58.5. The van der Waals surface area contributed by atoms with Crippen molar-refractivity contribution >= 4 is 40.4 Å². The van der Waals surface area contributed by atoms with Crippen molar-refractivity contribution in [3.8, 4) is 0 Å². The van der Waals surface area contributed by atoms with E-state index < -0.39 is 6.04 Å². The number of guanidine groups is 1. The van der Waals surface area contributed by atoms with E-state index in [1.807, 2.05) is 96.8 Å². The molecule has 9 rings (SSSR count). The maximum Gasteiger partial charge on any atom is 0.251 e. The van der Waals surface area contributed by atoms with Gasteiger partial charge in [-0.2, -0.15) is 0 Å². The number of nitrogens with zero attached hydrogens (tertiary/aromatic N) is 2. The molecule has 1 saturated carbocycles. The van der Waals surface area contributed by atoms with Crippen LogP contribution in [0.2, 0.25) is 0 Å². The Labute approximate surface area is 512 Å². The summed E-state index contributed by atoms with van der Waals surface area (Å²) < 4.78 is 0. The quantitative estimate of drug-likeness (QED) is 0.0148. The first-order valence-electron chi connectivity index (χ1n) is 32.2. The molecule has 6 aromatic carbocycles. The Bertz CT molecular complexity index is 2940. The van der Waals surface area contributed by atoms with Gasteiger partial charge in [0.25, 0.3) is 5.91 Å². The third-order valence-corrected chi connectivity index (χ3v) is 17.9. The van der Waals surface area contributed by atoms with Gasteiger partial charge in [-0.25, -0.2) is 0 Å². The lowest BCUT2D eigenvalue weighted by Crippen LogP contribution is -2.60. The highest BCUT2D eigenvalue weighted by Gasteiger charge is 2.38. The van der Waals surface area contributed by atoms with Crippen LogP contribution in [0.5, 0.6) is 0 Å². The maximum atomic E-state index is 14.2. The van der Waals surface area contributed by atoms with E-state index in [2.05, 4.69) is 130 Å². The Morgan fingerprint density at radius 1 is 0.605 bits per heavy atom. The SMILES string of the molecule is CCCCC(CC)C(=O)NC[C@@H]1CCN(CC(c2ccccc2)c2ccccc2)C(=O)[C@H](C(CC)NC(=N)N)N1.O=C(NC[C@@H]1CCN(CC(c2ccccc2)c2ccccc2)C(=O)[C@H](CCCNC2CCCCC2)N1)c1ccc2ccccc2c1. The van der Waals surface area contributed by atoms with Gasteiger partial charge in [-0.1, -0.05) is 205 Å². The van der Waals surface area contributed by atoms with Crippen LogP contribution in [-0.4, -0.2) is 121 Å². The van der Waals surface area contributed by atoms with Gasteiger partial charge < -0.3 is 42.1 Å². The molecule has 0 aromatic heterocycles. The number of nitrogens with one attached hydrogen (secondary N) is 7. The minimum Gasteiger partial charge on any atom is -0.370 e. The van der Waals surface area contributed by atoms with Gasteiger partial charge in [-0.15, -0.1) is 0 Å². The van der Waals surface area contributed by atoms with Crippen LogP contribution in [0, 0.1) is 11.3 Å². The second-order valence-electron chi connectivity index (χ2n) is 23.9. The molecule has 2 aliphatic heterocycles. The molecule has 0 radical (unpaired) electrons. The van der Waals surface area contributed by atoms with Gasteiger partial charge in [0, 0.05) is 80.7 Å². The fourth-order valence-electron chi connectivity index (χ4n) is 12.8. The second kappa shape index (κ2) is 34.1. The average Bonchev–Trinajstić information content (AvgIpc) is 3.55. The van der Waals surface area contributed by atoms with Crippen molar-refractivity contribution < 1.29 is 19.2 Å². The molecule has 6 aromatic rings. The van der Waals surface area contributed by atoms with Crippen LogP contribution in [0.15, 0.2) is 164 Å². The fourth-order valence-corrected chi connectivity index (χ4v) is 12.8. The number of hydrogen-bond acceptors (Lipinski definition) is 8. The lowest BCUT2D eigenvalue weighted by atomic mass is 9.90. The second-order valence-corrected chi connectivity index (χ2v) is 23.9. The smallest absolute Gasteiger partial charge is 0.251 e. The Balaban J connectivity index is 0.000000226. The molecule has 86 heavy (non-hydrogen) atoms. The molecule has 9 N–H and O–H groups in total. The molecule has 0 spiro atoms. The highest BCUT2D eigenvalue weighted by atomic mass is 16.2. The van der Waals surface area contributed by atoms with E-state index in [1.54, 1.807) is 0 Å². The topological polar surface area (TPSA) is 197 Å². The third kappa shape index (κ3) is 19.1. The Kier molecular flexibility index (Phi) is 25.6. The highest BCUT2D eigenvalue weighted by Crippen LogP contribution is 2.30. The Hall–Kier alpha value is -7.39. The largest absolute Gasteiger partial charge is 0.370 e. The molecule has 0 bridgehead atoms. The number of carbonyl (C=O) groups excluding carboxylic acids is 4. The summed E-state index contributed by atoms with van der Waals surface area (Å²) in [5, 5.41) is 30.3. The van der Waals surface area contributed by atoms with Crippen LogP contribution in [0.3, 0.4) is 0 Å². The lowest BCUT2D eigenvalue weighted by Gasteiger charge is -2.33. The first-order chi connectivity index (χ1) is 42.0. The van der Waals surface area contributed by atoms with Gasteiger partial charge in [-0.05, 0) is 109 Å². The van der Waals surface area contributed by atoms with Gasteiger partial charge in [0.2, 0.25) is 17.7 Å². The minimum absolute atomic E-state index is 0.00145. The van der Waals surface area contributed by atoms with Crippen molar-refractivity contribution in [3.63, 3.8) is 0 Å². The van der Waals surface area contributed by atoms with Gasteiger partial charge in [-0.3, -0.25) is 29.9 Å². The van der Waals surface area contributed by atoms with Crippen LogP contribution in [0.4, 0.5) is 0 Å². The van der Waals surface area contributed by atoms with Gasteiger partial charge in [0.05, 0.1) is 12.1 Å². The number of hydrogen-bond donors (Lipinski definition) is 8. The maximum absolute atomic E-state index is 14.2. The number of rotatable bonds is 26. The molecule has 3 aliphatic rings. The lowest BCUT2D eigenvalue weighted by molar-refractivity contribution is -0.134. The summed E-state index contributed by atoms with van der Waals surface area (Å²) in [6.45, 7) is 10.4. The van der Waals surface area contributed by atoms with Crippen molar-refractivity contribution in [3.05, 3.63) is 192 Å². The molecule has 14 heteroatoms. The van der Waals surface area contributed by atoms with E-state index in [1.165, 1.54) is 43.2 Å². The molecule has 1 aliphatic carbocycles. The number of amides is 4. The first kappa shape index (κ1) is 64.6. The monoisotopic (exact) mass is 1160 g/mol. The molecule has 2 saturated heterocycles. The van der Waals surface area contributed by atoms with E-state index in [0.29, 0.717) is 63.7 Å². The molecule has 3 fully saturated rings. The van der Waals surface area contributed by atoms with E-state index >= 15 is 0 Å². The van der Waals surface area contributed by atoms with Gasteiger partial charge >= 0.3 is 0 Å². The number of carbonyl (C=O) groups is 4. The standard InChI is InChI=1S/C40H48N4O2.C32H48N6O2/c45-39(34-23-22-30-13-10-11-18-33(30)27-34)42-28-36-24-26-44(29-37(31-14-4-1-5-15-31)32-16-6-2-7-17-32)40(46)38(43-36)21-12-25-41-35-19-8-3-9-20-35;1-4-7-14-23(5-2)30(39)35-21-26-19-20-38(31(40)29(36-26)28(6-3)37-32(33)34)22-27(24-15-10-8-11-16-24)25-17-12-9-13-18-25/h1-2,4-7,10-11,13-18,22-23,27,35-38,41,43H,3,8-9,12,19-21,24-26,28-29H2,(H,42,45);8-13,15-18,23,26-29,36H,4-7,14,19-22H2,1-3H3,(H,35,39)(H4,33,34,37)/t36-,38-;23?,26-,28?,29-/m00/s1. The van der Waals surface area contributed by atoms with Crippen LogP contribution in [-0.2, 0) is 14.4 Å². The summed E-state index contributed by atoms with van der Waals surface area (Å²) in [6, 6.07) is 54.9. The van der Waals surface area contributed by atoms with Gasteiger partial charge in [0.1, 0.15) is 6.04 Å². The fraction of sp³-hybridized carbons (Fsp3) is 0.458. The summed E-state index contributed by atoms with van der Waals surface area (Å²) >= 11 is 0. The van der Waals surface area contributed by atoms with Crippen LogP contribution in [0.25, 0.3) is 10.8 Å². The molecular weight excluding hydrogens is 1070 g/mol. The van der Waals surface area contributed by atoms with Crippen molar-refractivity contribution in [1.29, 1.82) is 5.41 Å². The minimum atomic E-state index is -0.576. The first-order valence-corrected chi connectivity index (χ1v) is 32.2. The number of unbranched alkanes of at least 4 members (excludes halogenated alkanes) is 1. The predicted octanol–water partition coefficient (Wildman–Crippen LogP) is 10.6. The van der Waals surface area contributed by atoms with Crippen molar-refractivity contribution in [2.24, 2.45) is 11.7 Å². The molecule has 6 atom stereocenters. The Morgan fingerprint density at radius 2 is 1.13 bits per heavy atom. The van der Waals surface area contributed by atoms with E-state index in [4.69, 9.17) is 11.1 Å². The van der Waals surface area contributed by atoms with Gasteiger partial charge in [0.15, 0.2) is 5.96 Å². The molecule has 2 heterocycles. The molecule has 458 valence electrons. The summed E-state index contributed by atoms with van der Waals surface area (Å²) in [5.74, 6) is 0.121. The molecule has 14 nitrogen and oxygen atoms in total. The molecule has 2 unspecified atom stereocenters. The Morgan fingerprint density at radius 3 is 1.66 bits per heavy atom. The zero-order valence-corrected chi connectivity index (χ0v) is 51.2. The molecule has 4 amide bonds. The van der Waals surface area contributed by atoms with Crippen LogP contribution >= 0.6 is 0 Å². The van der Waals surface area contributed by atoms with Crippen LogP contribution < -0.4 is 37.6 Å². The zero-order valence-electron chi connectivity index (χ0n) is 51.2.